The van der Waals surface area contributed by atoms with Crippen molar-refractivity contribution in [2.75, 3.05) is 6.54 Å². The van der Waals surface area contributed by atoms with Gasteiger partial charge in [0.25, 0.3) is 0 Å². The van der Waals surface area contributed by atoms with Crippen LogP contribution in [0.3, 0.4) is 0 Å². The van der Waals surface area contributed by atoms with E-state index < -0.39 is 18.0 Å². The Balaban J connectivity index is 1.72. The summed E-state index contributed by atoms with van der Waals surface area (Å²) in [5.41, 5.74) is 1.06. The summed E-state index contributed by atoms with van der Waals surface area (Å²) in [5.74, 6) is -0.894. The van der Waals surface area contributed by atoms with E-state index in [1.807, 2.05) is 12.1 Å². The Hall–Kier alpha value is -1.75. The van der Waals surface area contributed by atoms with Crippen LogP contribution in [0.25, 0.3) is 0 Å². The topological polar surface area (TPSA) is 78.4 Å². The van der Waals surface area contributed by atoms with Crippen molar-refractivity contribution in [3.8, 4) is 0 Å². The molecule has 1 atom stereocenters. The quantitative estimate of drug-likeness (QED) is 0.752. The van der Waals surface area contributed by atoms with Gasteiger partial charge in [-0.3, -0.25) is 0 Å². The van der Waals surface area contributed by atoms with E-state index >= 15 is 0 Å². The van der Waals surface area contributed by atoms with Crippen LogP contribution in [0.4, 0.5) is 4.79 Å². The minimum absolute atomic E-state index is 0.0783. The van der Waals surface area contributed by atoms with Crippen molar-refractivity contribution in [2.24, 2.45) is 5.92 Å². The maximum Gasteiger partial charge on any atom is 0.326 e. The molecule has 20 heavy (non-hydrogen) atoms. The van der Waals surface area contributed by atoms with Crippen molar-refractivity contribution in [3.63, 3.8) is 0 Å². The molecule has 1 unspecified atom stereocenters. The normalized spacial score (nSPS) is 15.4. The van der Waals surface area contributed by atoms with Crippen LogP contribution in [0.5, 0.6) is 0 Å². The molecule has 1 fully saturated rings. The Bertz CT molecular complexity index is 486. The van der Waals surface area contributed by atoms with E-state index in [0.29, 0.717) is 18.0 Å². The SMILES string of the molecule is O=C(NCCc1ccc(Cl)cc1)NC(C(=O)O)C1CC1. The number of aliphatic carboxylic acids is 1. The highest BCUT2D eigenvalue weighted by molar-refractivity contribution is 6.30. The van der Waals surface area contributed by atoms with E-state index in [1.165, 1.54) is 0 Å². The number of hydrogen-bond donors (Lipinski definition) is 3. The maximum atomic E-state index is 11.6. The number of rotatable bonds is 6. The molecule has 0 heterocycles. The Morgan fingerprint density at radius 3 is 2.50 bits per heavy atom. The zero-order chi connectivity index (χ0) is 14.5. The first-order valence-corrected chi connectivity index (χ1v) is 6.95. The van der Waals surface area contributed by atoms with Gasteiger partial charge < -0.3 is 15.7 Å². The number of halogens is 1. The molecule has 0 radical (unpaired) electrons. The molecule has 5 nitrogen and oxygen atoms in total. The first-order valence-electron chi connectivity index (χ1n) is 6.58. The fourth-order valence-corrected chi connectivity index (χ4v) is 2.10. The molecule has 1 aromatic carbocycles. The monoisotopic (exact) mass is 296 g/mol. The summed E-state index contributed by atoms with van der Waals surface area (Å²) in [6, 6.07) is 6.18. The minimum Gasteiger partial charge on any atom is -0.480 e. The van der Waals surface area contributed by atoms with E-state index in [9.17, 15) is 9.59 Å². The summed E-state index contributed by atoms with van der Waals surface area (Å²) < 4.78 is 0. The minimum atomic E-state index is -0.972. The summed E-state index contributed by atoms with van der Waals surface area (Å²) in [4.78, 5) is 22.6. The fraction of sp³-hybridized carbons (Fsp3) is 0.429. The summed E-state index contributed by atoms with van der Waals surface area (Å²) >= 11 is 5.78. The van der Waals surface area contributed by atoms with E-state index in [4.69, 9.17) is 16.7 Å². The highest BCUT2D eigenvalue weighted by Gasteiger charge is 2.37. The second kappa shape index (κ2) is 6.61. The molecule has 0 aromatic heterocycles. The summed E-state index contributed by atoms with van der Waals surface area (Å²) in [6.45, 7) is 0.449. The zero-order valence-electron chi connectivity index (χ0n) is 10.9. The standard InChI is InChI=1S/C14H17ClN2O3/c15-11-5-1-9(2-6-11)7-8-16-14(20)17-12(13(18)19)10-3-4-10/h1-2,5-6,10,12H,3-4,7-8H2,(H,18,19)(H2,16,17,20). The third-order valence-electron chi connectivity index (χ3n) is 3.26. The van der Waals surface area contributed by atoms with Crippen LogP contribution >= 0.6 is 11.6 Å². The molecule has 1 aliphatic rings. The Labute approximate surface area is 122 Å². The number of hydrogen-bond acceptors (Lipinski definition) is 2. The van der Waals surface area contributed by atoms with Gasteiger partial charge in [0.15, 0.2) is 0 Å². The van der Waals surface area contributed by atoms with E-state index in [2.05, 4.69) is 10.6 Å². The Morgan fingerprint density at radius 1 is 1.30 bits per heavy atom. The lowest BCUT2D eigenvalue weighted by atomic mass is 10.1. The average Bonchev–Trinajstić information content (AvgIpc) is 3.22. The number of carboxylic acids is 1. The van der Waals surface area contributed by atoms with Gasteiger partial charge in [-0.15, -0.1) is 0 Å². The van der Waals surface area contributed by atoms with Crippen LogP contribution in [-0.2, 0) is 11.2 Å². The van der Waals surface area contributed by atoms with Gasteiger partial charge >= 0.3 is 12.0 Å². The molecule has 1 aliphatic carbocycles. The van der Waals surface area contributed by atoms with Crippen molar-refractivity contribution in [2.45, 2.75) is 25.3 Å². The first-order chi connectivity index (χ1) is 9.56. The van der Waals surface area contributed by atoms with Crippen LogP contribution in [-0.4, -0.2) is 29.7 Å². The molecule has 1 saturated carbocycles. The zero-order valence-corrected chi connectivity index (χ0v) is 11.7. The van der Waals surface area contributed by atoms with Crippen molar-refractivity contribution in [1.82, 2.24) is 10.6 Å². The molecule has 3 N–H and O–H groups in total. The summed E-state index contributed by atoms with van der Waals surface area (Å²) in [6.07, 6.45) is 2.40. The predicted octanol–water partition coefficient (Wildman–Crippen LogP) is 2.04. The number of benzene rings is 1. The van der Waals surface area contributed by atoms with Gasteiger partial charge in [0.2, 0.25) is 0 Å². The van der Waals surface area contributed by atoms with E-state index in [0.717, 1.165) is 18.4 Å². The van der Waals surface area contributed by atoms with Gasteiger partial charge in [-0.25, -0.2) is 9.59 Å². The largest absolute Gasteiger partial charge is 0.480 e. The third-order valence-corrected chi connectivity index (χ3v) is 3.51. The van der Waals surface area contributed by atoms with Crippen LogP contribution in [0.2, 0.25) is 5.02 Å². The lowest BCUT2D eigenvalue weighted by Crippen LogP contribution is -2.47. The van der Waals surface area contributed by atoms with Crippen LogP contribution in [0.1, 0.15) is 18.4 Å². The molecule has 0 aliphatic heterocycles. The molecule has 1 aromatic rings. The number of carbonyl (C=O) groups is 2. The number of nitrogens with one attached hydrogen (secondary N) is 2. The van der Waals surface area contributed by atoms with E-state index in [1.54, 1.807) is 12.1 Å². The molecular formula is C14H17ClN2O3. The molecule has 0 saturated heterocycles. The van der Waals surface area contributed by atoms with Gasteiger partial charge in [0, 0.05) is 11.6 Å². The van der Waals surface area contributed by atoms with Gasteiger partial charge in [-0.1, -0.05) is 23.7 Å². The lowest BCUT2D eigenvalue weighted by Gasteiger charge is -2.14. The maximum absolute atomic E-state index is 11.6. The summed E-state index contributed by atoms with van der Waals surface area (Å²) in [5, 5.41) is 14.9. The predicted molar refractivity (Wildman–Crippen MR) is 75.8 cm³/mol. The molecule has 2 amide bonds. The van der Waals surface area contributed by atoms with Crippen molar-refractivity contribution in [1.29, 1.82) is 0 Å². The van der Waals surface area contributed by atoms with Crippen molar-refractivity contribution >= 4 is 23.6 Å². The number of amides is 2. The van der Waals surface area contributed by atoms with Gasteiger partial charge in [0.05, 0.1) is 0 Å². The van der Waals surface area contributed by atoms with Crippen molar-refractivity contribution < 1.29 is 14.7 Å². The second-order valence-corrected chi connectivity index (χ2v) is 5.37. The highest BCUT2D eigenvalue weighted by Crippen LogP contribution is 2.32. The van der Waals surface area contributed by atoms with Crippen molar-refractivity contribution in [3.05, 3.63) is 34.9 Å². The van der Waals surface area contributed by atoms with Gasteiger partial charge in [0.1, 0.15) is 6.04 Å². The van der Waals surface area contributed by atoms with Gasteiger partial charge in [-0.05, 0) is 42.9 Å². The van der Waals surface area contributed by atoms with E-state index in [-0.39, 0.29) is 5.92 Å². The molecule has 0 spiro atoms. The summed E-state index contributed by atoms with van der Waals surface area (Å²) in [7, 11) is 0. The molecular weight excluding hydrogens is 280 g/mol. The average molecular weight is 297 g/mol. The molecule has 0 bridgehead atoms. The smallest absolute Gasteiger partial charge is 0.326 e. The second-order valence-electron chi connectivity index (χ2n) is 4.93. The fourth-order valence-electron chi connectivity index (χ4n) is 1.97. The number of carboxylic acid groups (broad SMARTS) is 1. The number of urea groups is 1. The van der Waals surface area contributed by atoms with Crippen LogP contribution < -0.4 is 10.6 Å². The highest BCUT2D eigenvalue weighted by atomic mass is 35.5. The number of carbonyl (C=O) groups excluding carboxylic acids is 1. The lowest BCUT2D eigenvalue weighted by molar-refractivity contribution is -0.139. The molecule has 6 heteroatoms. The third kappa shape index (κ3) is 4.42. The van der Waals surface area contributed by atoms with Crippen LogP contribution in [0, 0.1) is 5.92 Å². The van der Waals surface area contributed by atoms with Gasteiger partial charge in [-0.2, -0.15) is 0 Å². The molecule has 2 rings (SSSR count). The van der Waals surface area contributed by atoms with Crippen LogP contribution in [0.15, 0.2) is 24.3 Å². The first kappa shape index (κ1) is 14.7. The Morgan fingerprint density at radius 2 is 1.95 bits per heavy atom. The Kier molecular flexibility index (Phi) is 4.84. The molecule has 108 valence electrons.